The highest BCUT2D eigenvalue weighted by Gasteiger charge is 2.23. The van der Waals surface area contributed by atoms with Gasteiger partial charge in [-0.3, -0.25) is 9.59 Å². The van der Waals surface area contributed by atoms with Crippen molar-refractivity contribution in [3.63, 3.8) is 0 Å². The summed E-state index contributed by atoms with van der Waals surface area (Å²) in [5.41, 5.74) is 1.23. The smallest absolute Gasteiger partial charge is 0.251 e. The summed E-state index contributed by atoms with van der Waals surface area (Å²) >= 11 is 0. The number of hydrogen-bond acceptors (Lipinski definition) is 2. The highest BCUT2D eigenvalue weighted by atomic mass is 16.2. The van der Waals surface area contributed by atoms with Gasteiger partial charge >= 0.3 is 0 Å². The lowest BCUT2D eigenvalue weighted by atomic mass is 9.99. The molecule has 2 amide bonds. The van der Waals surface area contributed by atoms with Gasteiger partial charge in [-0.25, -0.2) is 0 Å². The Hall–Kier alpha value is -2.62. The molecule has 0 radical (unpaired) electrons. The Bertz CT molecular complexity index is 696. The van der Waals surface area contributed by atoms with E-state index in [0.29, 0.717) is 5.56 Å². The maximum Gasteiger partial charge on any atom is 0.251 e. The first-order valence-corrected chi connectivity index (χ1v) is 8.63. The molecule has 2 N–H and O–H groups in total. The van der Waals surface area contributed by atoms with Crippen LogP contribution in [0.3, 0.4) is 0 Å². The van der Waals surface area contributed by atoms with Crippen LogP contribution in [0.5, 0.6) is 0 Å². The second kappa shape index (κ2) is 8.47. The summed E-state index contributed by atoms with van der Waals surface area (Å²) in [4.78, 5) is 25.0. The Morgan fingerprint density at radius 3 is 2.08 bits per heavy atom. The predicted molar refractivity (Wildman–Crippen MR) is 100 cm³/mol. The zero-order valence-corrected chi connectivity index (χ0v) is 15.1. The zero-order chi connectivity index (χ0) is 18.3. The Kier molecular flexibility index (Phi) is 6.34. The van der Waals surface area contributed by atoms with Crippen molar-refractivity contribution in [3.05, 3.63) is 71.8 Å². The van der Waals surface area contributed by atoms with Gasteiger partial charge in [-0.1, -0.05) is 55.5 Å². The fraction of sp³-hybridized carbons (Fsp3) is 0.333. The lowest BCUT2D eigenvalue weighted by molar-refractivity contribution is -0.123. The van der Waals surface area contributed by atoms with E-state index in [1.54, 1.807) is 12.1 Å². The summed E-state index contributed by atoms with van der Waals surface area (Å²) in [6.45, 7) is 6.02. The summed E-state index contributed by atoms with van der Waals surface area (Å²) in [6, 6.07) is 18.2. The minimum Gasteiger partial charge on any atom is -0.351 e. The first-order valence-electron chi connectivity index (χ1n) is 8.63. The lowest BCUT2D eigenvalue weighted by Crippen LogP contribution is -2.44. The van der Waals surface area contributed by atoms with Crippen LogP contribution in [-0.4, -0.2) is 17.4 Å². The highest BCUT2D eigenvalue weighted by Crippen LogP contribution is 2.18. The van der Waals surface area contributed by atoms with Gasteiger partial charge in [0.2, 0.25) is 5.91 Å². The Morgan fingerprint density at radius 1 is 0.960 bits per heavy atom. The van der Waals surface area contributed by atoms with Crippen LogP contribution in [0, 0.1) is 0 Å². The number of amides is 2. The molecule has 0 saturated heterocycles. The minimum atomic E-state index is -0.374. The predicted octanol–water partition coefficient (Wildman–Crippen LogP) is 3.85. The van der Waals surface area contributed by atoms with E-state index in [1.807, 2.05) is 69.3 Å². The quantitative estimate of drug-likeness (QED) is 0.805. The van der Waals surface area contributed by atoms with E-state index < -0.39 is 0 Å². The van der Waals surface area contributed by atoms with Gasteiger partial charge in [-0.15, -0.1) is 0 Å². The van der Waals surface area contributed by atoms with E-state index in [0.717, 1.165) is 12.0 Å². The first kappa shape index (κ1) is 18.7. The molecule has 4 nitrogen and oxygen atoms in total. The summed E-state index contributed by atoms with van der Waals surface area (Å²) < 4.78 is 0. The van der Waals surface area contributed by atoms with E-state index in [-0.39, 0.29) is 29.8 Å². The monoisotopic (exact) mass is 338 g/mol. The molecule has 1 atom stereocenters. The van der Waals surface area contributed by atoms with Gasteiger partial charge in [0.15, 0.2) is 0 Å². The van der Waals surface area contributed by atoms with Crippen molar-refractivity contribution in [1.82, 2.24) is 10.6 Å². The average molecular weight is 338 g/mol. The van der Waals surface area contributed by atoms with E-state index in [4.69, 9.17) is 0 Å². The van der Waals surface area contributed by atoms with Crippen molar-refractivity contribution in [1.29, 1.82) is 0 Å². The van der Waals surface area contributed by atoms with Gasteiger partial charge in [0.1, 0.15) is 0 Å². The number of carbonyl (C=O) groups excluding carboxylic acids is 2. The maximum atomic E-state index is 12.5. The van der Waals surface area contributed by atoms with E-state index in [9.17, 15) is 9.59 Å². The normalized spacial score (nSPS) is 12.3. The number of rotatable bonds is 7. The molecule has 2 aromatic rings. The molecule has 0 heterocycles. The fourth-order valence-electron chi connectivity index (χ4n) is 2.47. The summed E-state index contributed by atoms with van der Waals surface area (Å²) in [5.74, 6) is -0.258. The number of carbonyl (C=O) groups is 2. The van der Waals surface area contributed by atoms with Gasteiger partial charge in [0.25, 0.3) is 5.91 Å². The number of hydrogen-bond donors (Lipinski definition) is 2. The largest absolute Gasteiger partial charge is 0.351 e. The van der Waals surface area contributed by atoms with Crippen LogP contribution in [0.2, 0.25) is 0 Å². The molecule has 4 heteroatoms. The first-order chi connectivity index (χ1) is 11.9. The molecule has 0 aliphatic carbocycles. The molecule has 1 unspecified atom stereocenters. The van der Waals surface area contributed by atoms with Crippen LogP contribution in [0.25, 0.3) is 0 Å². The summed E-state index contributed by atoms with van der Waals surface area (Å²) in [5, 5.41) is 6.01. The van der Waals surface area contributed by atoms with Gasteiger partial charge < -0.3 is 10.6 Å². The van der Waals surface area contributed by atoms with Crippen molar-refractivity contribution in [2.75, 3.05) is 0 Å². The number of nitrogens with one attached hydrogen (secondary N) is 2. The molecule has 2 aromatic carbocycles. The minimum absolute atomic E-state index is 0.0749. The lowest BCUT2D eigenvalue weighted by Gasteiger charge is -2.26. The Labute approximate surface area is 149 Å². The van der Waals surface area contributed by atoms with Crippen LogP contribution in [0.1, 0.15) is 55.6 Å². The van der Waals surface area contributed by atoms with E-state index >= 15 is 0 Å². The van der Waals surface area contributed by atoms with Crippen molar-refractivity contribution in [3.8, 4) is 0 Å². The standard InChI is InChI=1S/C21H26N2O2/c1-4-21(2,3)23-19(24)15-18(16-11-7-5-8-12-16)22-20(25)17-13-9-6-10-14-17/h5-14,18H,4,15H2,1-3H3,(H,22,25)(H,23,24). The second-order valence-electron chi connectivity index (χ2n) is 6.79. The van der Waals surface area contributed by atoms with E-state index in [1.165, 1.54) is 0 Å². The maximum absolute atomic E-state index is 12.5. The fourth-order valence-corrected chi connectivity index (χ4v) is 2.47. The van der Waals surface area contributed by atoms with Crippen molar-refractivity contribution >= 4 is 11.8 Å². The molecule has 0 fully saturated rings. The molecule has 0 saturated carbocycles. The molecular weight excluding hydrogens is 312 g/mol. The third kappa shape index (κ3) is 5.75. The van der Waals surface area contributed by atoms with Crippen molar-refractivity contribution in [2.24, 2.45) is 0 Å². The molecule has 0 bridgehead atoms. The Balaban J connectivity index is 2.14. The van der Waals surface area contributed by atoms with Crippen molar-refractivity contribution < 1.29 is 9.59 Å². The molecule has 0 spiro atoms. The molecule has 0 aromatic heterocycles. The van der Waals surface area contributed by atoms with E-state index in [2.05, 4.69) is 10.6 Å². The van der Waals surface area contributed by atoms with Gasteiger partial charge in [-0.05, 0) is 38.0 Å². The topological polar surface area (TPSA) is 58.2 Å². The van der Waals surface area contributed by atoms with Crippen LogP contribution < -0.4 is 10.6 Å². The van der Waals surface area contributed by atoms with Crippen LogP contribution in [0.4, 0.5) is 0 Å². The van der Waals surface area contributed by atoms with Crippen LogP contribution in [-0.2, 0) is 4.79 Å². The molecule has 0 aliphatic heterocycles. The SMILES string of the molecule is CCC(C)(C)NC(=O)CC(NC(=O)c1ccccc1)c1ccccc1. The van der Waals surface area contributed by atoms with Crippen molar-refractivity contribution in [2.45, 2.75) is 45.2 Å². The third-order valence-corrected chi connectivity index (χ3v) is 4.29. The van der Waals surface area contributed by atoms with Gasteiger partial charge in [0, 0.05) is 11.1 Å². The third-order valence-electron chi connectivity index (χ3n) is 4.29. The zero-order valence-electron chi connectivity index (χ0n) is 15.1. The van der Waals surface area contributed by atoms with Gasteiger partial charge in [-0.2, -0.15) is 0 Å². The Morgan fingerprint density at radius 2 is 1.52 bits per heavy atom. The summed E-state index contributed by atoms with van der Waals surface area (Å²) in [6.07, 6.45) is 1.04. The molecule has 25 heavy (non-hydrogen) atoms. The highest BCUT2D eigenvalue weighted by molar-refractivity contribution is 5.94. The van der Waals surface area contributed by atoms with Crippen LogP contribution in [0.15, 0.2) is 60.7 Å². The summed E-state index contributed by atoms with van der Waals surface area (Å²) in [7, 11) is 0. The van der Waals surface area contributed by atoms with Crippen LogP contribution >= 0.6 is 0 Å². The average Bonchev–Trinajstić information content (AvgIpc) is 2.62. The molecule has 132 valence electrons. The molecule has 0 aliphatic rings. The number of benzene rings is 2. The molecule has 2 rings (SSSR count). The molecular formula is C21H26N2O2. The second-order valence-corrected chi connectivity index (χ2v) is 6.79. The van der Waals surface area contributed by atoms with Gasteiger partial charge in [0.05, 0.1) is 12.5 Å².